The third-order valence-corrected chi connectivity index (χ3v) is 4.78. The van der Waals surface area contributed by atoms with Crippen LogP contribution in [0.2, 0.25) is 0 Å². The summed E-state index contributed by atoms with van der Waals surface area (Å²) in [6, 6.07) is 3.44. The molecule has 29 heavy (non-hydrogen) atoms. The minimum atomic E-state index is -0.971. The molecule has 1 aromatic rings. The predicted molar refractivity (Wildman–Crippen MR) is 102 cm³/mol. The van der Waals surface area contributed by atoms with E-state index in [0.29, 0.717) is 17.1 Å². The number of nitrogens with zero attached hydrogens (tertiary/aromatic N) is 2. The van der Waals surface area contributed by atoms with Gasteiger partial charge < -0.3 is 19.1 Å². The Morgan fingerprint density at radius 1 is 1.38 bits per heavy atom. The van der Waals surface area contributed by atoms with Crippen molar-refractivity contribution < 1.29 is 28.7 Å². The number of carbonyl (C=O) groups is 2. The van der Waals surface area contributed by atoms with E-state index in [4.69, 9.17) is 14.2 Å². The summed E-state index contributed by atoms with van der Waals surface area (Å²) in [5.74, 6) is 0.0321. The maximum atomic E-state index is 12.8. The molecule has 3 rings (SSSR count). The van der Waals surface area contributed by atoms with Crippen LogP contribution in [0.3, 0.4) is 0 Å². The summed E-state index contributed by atoms with van der Waals surface area (Å²) in [6.45, 7) is 8.64. The summed E-state index contributed by atoms with van der Waals surface area (Å²) >= 11 is 0. The minimum Gasteiger partial charge on any atom is -0.493 e. The molecule has 1 amide bonds. The van der Waals surface area contributed by atoms with Crippen LogP contribution in [0.25, 0.3) is 0 Å². The summed E-state index contributed by atoms with van der Waals surface area (Å²) in [6.07, 6.45) is 0.410. The van der Waals surface area contributed by atoms with Gasteiger partial charge in [-0.1, -0.05) is 0 Å². The SMILES string of the molecule is CC(=O)O[C@@H]1[C@@H](N2CC(OC(C)C)=CC2=O)c2cc([N+](=O)[O-])ccc2OC1(C)C. The molecule has 2 atom stereocenters. The standard InChI is InChI=1S/C20H24N2O7/c1-11(2)27-14-9-17(24)21(10-14)18-15-8-13(22(25)26)6-7-16(15)29-20(4,5)19(18)28-12(3)23/h6-9,11,18-19H,10H2,1-5H3/t18-,19+/m0/s1. The van der Waals surface area contributed by atoms with Gasteiger partial charge >= 0.3 is 5.97 Å². The first-order valence-electron chi connectivity index (χ1n) is 9.32. The minimum absolute atomic E-state index is 0.113. The highest BCUT2D eigenvalue weighted by atomic mass is 16.6. The van der Waals surface area contributed by atoms with Crippen molar-refractivity contribution in [3.05, 3.63) is 45.7 Å². The highest BCUT2D eigenvalue weighted by Gasteiger charge is 2.51. The van der Waals surface area contributed by atoms with Crippen LogP contribution in [-0.2, 0) is 19.1 Å². The highest BCUT2D eigenvalue weighted by molar-refractivity contribution is 5.91. The first-order chi connectivity index (χ1) is 13.5. The number of hydrogen-bond acceptors (Lipinski definition) is 7. The molecule has 2 aliphatic heterocycles. The molecule has 9 heteroatoms. The van der Waals surface area contributed by atoms with Gasteiger partial charge in [0.2, 0.25) is 0 Å². The predicted octanol–water partition coefficient (Wildman–Crippen LogP) is 2.89. The zero-order valence-corrected chi connectivity index (χ0v) is 17.0. The monoisotopic (exact) mass is 404 g/mol. The number of amides is 1. The van der Waals surface area contributed by atoms with Gasteiger partial charge in [-0.05, 0) is 33.8 Å². The van der Waals surface area contributed by atoms with Gasteiger partial charge in [-0.25, -0.2) is 0 Å². The second-order valence-electron chi connectivity index (χ2n) is 7.90. The molecule has 0 unspecified atom stereocenters. The van der Waals surface area contributed by atoms with Crippen LogP contribution in [0.15, 0.2) is 30.0 Å². The van der Waals surface area contributed by atoms with Gasteiger partial charge in [0.05, 0.1) is 17.6 Å². The van der Waals surface area contributed by atoms with Crippen LogP contribution in [0.5, 0.6) is 5.75 Å². The first-order valence-corrected chi connectivity index (χ1v) is 9.32. The third kappa shape index (κ3) is 4.03. The zero-order chi connectivity index (χ0) is 21.5. The Labute approximate surface area is 168 Å². The lowest BCUT2D eigenvalue weighted by molar-refractivity contribution is -0.385. The van der Waals surface area contributed by atoms with Crippen molar-refractivity contribution in [1.82, 2.24) is 4.90 Å². The molecule has 156 valence electrons. The van der Waals surface area contributed by atoms with E-state index in [2.05, 4.69) is 0 Å². The van der Waals surface area contributed by atoms with Crippen LogP contribution in [0.4, 0.5) is 5.69 Å². The largest absolute Gasteiger partial charge is 0.493 e. The molecule has 0 N–H and O–H groups in total. The van der Waals surface area contributed by atoms with E-state index in [1.165, 1.54) is 36.1 Å². The second-order valence-corrected chi connectivity index (χ2v) is 7.90. The Morgan fingerprint density at radius 3 is 2.66 bits per heavy atom. The normalized spacial score (nSPS) is 22.6. The number of non-ortho nitro benzene ring substituents is 1. The van der Waals surface area contributed by atoms with Crippen molar-refractivity contribution in [1.29, 1.82) is 0 Å². The van der Waals surface area contributed by atoms with E-state index < -0.39 is 28.6 Å². The molecule has 0 saturated heterocycles. The fourth-order valence-corrected chi connectivity index (χ4v) is 3.70. The highest BCUT2D eigenvalue weighted by Crippen LogP contribution is 2.46. The first kappa shape index (κ1) is 20.6. The molecule has 0 radical (unpaired) electrons. The molecule has 0 aliphatic carbocycles. The van der Waals surface area contributed by atoms with Gasteiger partial charge in [0.15, 0.2) is 6.10 Å². The Morgan fingerprint density at radius 2 is 2.07 bits per heavy atom. The van der Waals surface area contributed by atoms with Gasteiger partial charge in [0.25, 0.3) is 11.6 Å². The molecule has 0 fully saturated rings. The van der Waals surface area contributed by atoms with E-state index in [1.807, 2.05) is 13.8 Å². The fourth-order valence-electron chi connectivity index (χ4n) is 3.70. The van der Waals surface area contributed by atoms with Crippen LogP contribution in [0.1, 0.15) is 46.2 Å². The van der Waals surface area contributed by atoms with Crippen LogP contribution >= 0.6 is 0 Å². The smallest absolute Gasteiger partial charge is 0.303 e. The van der Waals surface area contributed by atoms with E-state index in [1.54, 1.807) is 13.8 Å². The number of esters is 1. The number of nitro benzene ring substituents is 1. The van der Waals surface area contributed by atoms with E-state index >= 15 is 0 Å². The van der Waals surface area contributed by atoms with E-state index in [9.17, 15) is 19.7 Å². The fraction of sp³-hybridized carbons (Fsp3) is 0.500. The maximum absolute atomic E-state index is 12.8. The number of fused-ring (bicyclic) bond motifs is 1. The summed E-state index contributed by atoms with van der Waals surface area (Å²) in [4.78, 5) is 36.9. The molecule has 0 bridgehead atoms. The molecule has 0 spiro atoms. The average molecular weight is 404 g/mol. The molecule has 2 aliphatic rings. The summed E-state index contributed by atoms with van der Waals surface area (Å²) in [7, 11) is 0. The number of hydrogen-bond donors (Lipinski definition) is 0. The summed E-state index contributed by atoms with van der Waals surface area (Å²) in [5, 5.41) is 11.3. The second kappa shape index (κ2) is 7.38. The molecule has 1 aromatic carbocycles. The molecular formula is C20H24N2O7. The van der Waals surface area contributed by atoms with Crippen LogP contribution in [0, 0.1) is 10.1 Å². The average Bonchev–Trinajstić information content (AvgIpc) is 2.93. The lowest BCUT2D eigenvalue weighted by Gasteiger charge is -2.46. The van der Waals surface area contributed by atoms with Crippen molar-refractivity contribution in [3.8, 4) is 5.75 Å². The van der Waals surface area contributed by atoms with Gasteiger partial charge in [-0.2, -0.15) is 0 Å². The van der Waals surface area contributed by atoms with Gasteiger partial charge in [-0.3, -0.25) is 19.7 Å². The number of ether oxygens (including phenoxy) is 3. The van der Waals surface area contributed by atoms with Crippen LogP contribution < -0.4 is 4.74 Å². The molecule has 2 heterocycles. The Kier molecular flexibility index (Phi) is 5.25. The van der Waals surface area contributed by atoms with Crippen molar-refractivity contribution in [3.63, 3.8) is 0 Å². The maximum Gasteiger partial charge on any atom is 0.303 e. The van der Waals surface area contributed by atoms with Gasteiger partial charge in [-0.15, -0.1) is 0 Å². The molecular weight excluding hydrogens is 380 g/mol. The molecule has 9 nitrogen and oxygen atoms in total. The van der Waals surface area contributed by atoms with Gasteiger partial charge in [0, 0.05) is 30.7 Å². The lowest BCUT2D eigenvalue weighted by Crippen LogP contribution is -2.55. The van der Waals surface area contributed by atoms with Crippen molar-refractivity contribution in [2.75, 3.05) is 6.54 Å². The number of carbonyl (C=O) groups excluding carboxylic acids is 2. The topological polar surface area (TPSA) is 108 Å². The van der Waals surface area contributed by atoms with E-state index in [0.717, 1.165) is 0 Å². The summed E-state index contributed by atoms with van der Waals surface area (Å²) < 4.78 is 17.2. The van der Waals surface area contributed by atoms with Crippen molar-refractivity contribution >= 4 is 17.6 Å². The Bertz CT molecular complexity index is 891. The zero-order valence-electron chi connectivity index (χ0n) is 17.0. The molecule has 0 aromatic heterocycles. The number of rotatable bonds is 5. The number of benzene rings is 1. The quantitative estimate of drug-likeness (QED) is 0.422. The molecule has 0 saturated carbocycles. The lowest BCUT2D eigenvalue weighted by atomic mass is 9.85. The Balaban J connectivity index is 2.09. The van der Waals surface area contributed by atoms with Crippen molar-refractivity contribution in [2.45, 2.75) is 58.5 Å². The third-order valence-electron chi connectivity index (χ3n) is 4.78. The van der Waals surface area contributed by atoms with Crippen LogP contribution in [-0.4, -0.2) is 46.1 Å². The van der Waals surface area contributed by atoms with Crippen molar-refractivity contribution in [2.24, 2.45) is 0 Å². The van der Waals surface area contributed by atoms with Gasteiger partial charge in [0.1, 0.15) is 23.2 Å². The van der Waals surface area contributed by atoms with E-state index in [-0.39, 0.29) is 24.2 Å². The Hall–Kier alpha value is -3.10. The summed E-state index contributed by atoms with van der Waals surface area (Å²) in [5.41, 5.74) is -0.698. The number of nitro groups is 1.